The summed E-state index contributed by atoms with van der Waals surface area (Å²) in [6.07, 6.45) is 0. The maximum absolute atomic E-state index is 6.09. The van der Waals surface area contributed by atoms with Crippen molar-refractivity contribution in [1.82, 2.24) is 4.90 Å². The Morgan fingerprint density at radius 1 is 1.12 bits per heavy atom. The second kappa shape index (κ2) is 4.96. The van der Waals surface area contributed by atoms with Gasteiger partial charge in [-0.2, -0.15) is 0 Å². The normalized spacial score (nSPS) is 17.8. The van der Waals surface area contributed by atoms with Crippen molar-refractivity contribution in [3.63, 3.8) is 0 Å². The summed E-state index contributed by atoms with van der Waals surface area (Å²) >= 11 is 0. The fourth-order valence-corrected chi connectivity index (χ4v) is 2.44. The average molecular weight is 233 g/mol. The van der Waals surface area contributed by atoms with Crippen molar-refractivity contribution in [3.8, 4) is 0 Å². The standard InChI is InChI=1S/C14H23N3/c1-11(2)16-6-8-17(9-7-16)14-5-4-12(3)10-13(14)15/h4-5,10-11H,6-9,15H2,1-3H3. The van der Waals surface area contributed by atoms with Gasteiger partial charge in [-0.1, -0.05) is 6.07 Å². The van der Waals surface area contributed by atoms with Crippen LogP contribution in [0.25, 0.3) is 0 Å². The molecule has 0 spiro atoms. The zero-order valence-corrected chi connectivity index (χ0v) is 11.1. The summed E-state index contributed by atoms with van der Waals surface area (Å²) in [7, 11) is 0. The molecule has 3 nitrogen and oxygen atoms in total. The molecule has 1 aliphatic rings. The van der Waals surface area contributed by atoms with Gasteiger partial charge >= 0.3 is 0 Å². The molecule has 0 atom stereocenters. The van der Waals surface area contributed by atoms with Crippen molar-refractivity contribution in [3.05, 3.63) is 23.8 Å². The van der Waals surface area contributed by atoms with E-state index in [1.165, 1.54) is 11.3 Å². The van der Waals surface area contributed by atoms with Crippen molar-refractivity contribution in [2.75, 3.05) is 36.8 Å². The SMILES string of the molecule is Cc1ccc(N2CCN(C(C)C)CC2)c(N)c1. The number of aryl methyl sites for hydroxylation is 1. The van der Waals surface area contributed by atoms with Crippen LogP contribution in [-0.4, -0.2) is 37.1 Å². The number of anilines is 2. The Morgan fingerprint density at radius 3 is 2.29 bits per heavy atom. The summed E-state index contributed by atoms with van der Waals surface area (Å²) in [6, 6.07) is 6.99. The van der Waals surface area contributed by atoms with E-state index in [1.54, 1.807) is 0 Å². The van der Waals surface area contributed by atoms with Crippen molar-refractivity contribution in [1.29, 1.82) is 0 Å². The van der Waals surface area contributed by atoms with E-state index >= 15 is 0 Å². The third-order valence-electron chi connectivity index (χ3n) is 3.57. The molecule has 1 aromatic carbocycles. The number of hydrogen-bond donors (Lipinski definition) is 1. The molecule has 1 aliphatic heterocycles. The smallest absolute Gasteiger partial charge is 0.0601 e. The maximum Gasteiger partial charge on any atom is 0.0601 e. The molecule has 1 heterocycles. The van der Waals surface area contributed by atoms with E-state index < -0.39 is 0 Å². The zero-order valence-electron chi connectivity index (χ0n) is 11.1. The van der Waals surface area contributed by atoms with Gasteiger partial charge in [-0.15, -0.1) is 0 Å². The van der Waals surface area contributed by atoms with E-state index in [0.29, 0.717) is 6.04 Å². The highest BCUT2D eigenvalue weighted by Gasteiger charge is 2.19. The quantitative estimate of drug-likeness (QED) is 0.794. The van der Waals surface area contributed by atoms with Crippen LogP contribution in [0.3, 0.4) is 0 Å². The molecular weight excluding hydrogens is 210 g/mol. The Labute approximate surface area is 104 Å². The maximum atomic E-state index is 6.09. The highest BCUT2D eigenvalue weighted by Crippen LogP contribution is 2.25. The topological polar surface area (TPSA) is 32.5 Å². The molecule has 0 unspecified atom stereocenters. The Kier molecular flexibility index (Phi) is 3.57. The molecule has 1 fully saturated rings. The molecule has 3 heteroatoms. The molecule has 0 amide bonds. The minimum Gasteiger partial charge on any atom is -0.397 e. The molecule has 0 aliphatic carbocycles. The predicted molar refractivity (Wildman–Crippen MR) is 74.5 cm³/mol. The van der Waals surface area contributed by atoms with Crippen molar-refractivity contribution >= 4 is 11.4 Å². The first-order valence-corrected chi connectivity index (χ1v) is 6.43. The van der Waals surface area contributed by atoms with Gasteiger partial charge in [-0.05, 0) is 38.5 Å². The lowest BCUT2D eigenvalue weighted by Crippen LogP contribution is -2.49. The van der Waals surface area contributed by atoms with Gasteiger partial charge in [-0.25, -0.2) is 0 Å². The first-order chi connectivity index (χ1) is 8.08. The second-order valence-electron chi connectivity index (χ2n) is 5.18. The molecule has 2 rings (SSSR count). The fourth-order valence-electron chi connectivity index (χ4n) is 2.44. The number of rotatable bonds is 2. The molecular formula is C14H23N3. The van der Waals surface area contributed by atoms with Gasteiger partial charge in [0, 0.05) is 32.2 Å². The molecule has 94 valence electrons. The van der Waals surface area contributed by atoms with Gasteiger partial charge in [-0.3, -0.25) is 4.90 Å². The molecule has 1 saturated heterocycles. The van der Waals surface area contributed by atoms with Gasteiger partial charge in [0.15, 0.2) is 0 Å². The third kappa shape index (κ3) is 2.72. The van der Waals surface area contributed by atoms with Crippen LogP contribution in [0.5, 0.6) is 0 Å². The molecule has 0 bridgehead atoms. The van der Waals surface area contributed by atoms with E-state index in [-0.39, 0.29) is 0 Å². The van der Waals surface area contributed by atoms with E-state index in [1.807, 2.05) is 0 Å². The number of nitrogen functional groups attached to an aromatic ring is 1. The fraction of sp³-hybridized carbons (Fsp3) is 0.571. The van der Waals surface area contributed by atoms with Crippen LogP contribution in [0.2, 0.25) is 0 Å². The largest absolute Gasteiger partial charge is 0.397 e. The van der Waals surface area contributed by atoms with Crippen LogP contribution in [0.4, 0.5) is 11.4 Å². The van der Waals surface area contributed by atoms with Crippen LogP contribution in [0, 0.1) is 6.92 Å². The first kappa shape index (κ1) is 12.2. The van der Waals surface area contributed by atoms with Crippen LogP contribution in [0.15, 0.2) is 18.2 Å². The third-order valence-corrected chi connectivity index (χ3v) is 3.57. The highest BCUT2D eigenvalue weighted by molar-refractivity contribution is 5.68. The number of benzene rings is 1. The van der Waals surface area contributed by atoms with Gasteiger partial charge in [0.25, 0.3) is 0 Å². The van der Waals surface area contributed by atoms with Crippen LogP contribution in [0.1, 0.15) is 19.4 Å². The van der Waals surface area contributed by atoms with Crippen LogP contribution < -0.4 is 10.6 Å². The molecule has 2 N–H and O–H groups in total. The number of hydrogen-bond acceptors (Lipinski definition) is 3. The second-order valence-corrected chi connectivity index (χ2v) is 5.18. The van der Waals surface area contributed by atoms with Crippen molar-refractivity contribution in [2.45, 2.75) is 26.8 Å². The van der Waals surface area contributed by atoms with E-state index in [4.69, 9.17) is 5.73 Å². The Hall–Kier alpha value is -1.22. The zero-order chi connectivity index (χ0) is 12.4. The number of nitrogens with two attached hydrogens (primary N) is 1. The Morgan fingerprint density at radius 2 is 1.76 bits per heavy atom. The Balaban J connectivity index is 2.05. The molecule has 0 aromatic heterocycles. The lowest BCUT2D eigenvalue weighted by atomic mass is 10.1. The van der Waals surface area contributed by atoms with E-state index in [9.17, 15) is 0 Å². The lowest BCUT2D eigenvalue weighted by Gasteiger charge is -2.38. The van der Waals surface area contributed by atoms with Gasteiger partial charge in [0.1, 0.15) is 0 Å². The van der Waals surface area contributed by atoms with E-state index in [2.05, 4.69) is 48.8 Å². The lowest BCUT2D eigenvalue weighted by molar-refractivity contribution is 0.209. The molecule has 0 saturated carbocycles. The first-order valence-electron chi connectivity index (χ1n) is 6.43. The molecule has 0 radical (unpaired) electrons. The van der Waals surface area contributed by atoms with Crippen LogP contribution >= 0.6 is 0 Å². The van der Waals surface area contributed by atoms with Crippen molar-refractivity contribution < 1.29 is 0 Å². The molecule has 17 heavy (non-hydrogen) atoms. The summed E-state index contributed by atoms with van der Waals surface area (Å²) in [5.41, 5.74) is 9.42. The van der Waals surface area contributed by atoms with Crippen LogP contribution in [-0.2, 0) is 0 Å². The Bertz CT molecular complexity index is 379. The monoisotopic (exact) mass is 233 g/mol. The summed E-state index contributed by atoms with van der Waals surface area (Å²) in [5, 5.41) is 0. The number of piperazine rings is 1. The highest BCUT2D eigenvalue weighted by atomic mass is 15.3. The predicted octanol–water partition coefficient (Wildman–Crippen LogP) is 2.11. The van der Waals surface area contributed by atoms with Crippen molar-refractivity contribution in [2.24, 2.45) is 0 Å². The minimum atomic E-state index is 0.646. The molecule has 1 aromatic rings. The summed E-state index contributed by atoms with van der Waals surface area (Å²) < 4.78 is 0. The summed E-state index contributed by atoms with van der Waals surface area (Å²) in [6.45, 7) is 11.0. The summed E-state index contributed by atoms with van der Waals surface area (Å²) in [4.78, 5) is 4.91. The van der Waals surface area contributed by atoms with Gasteiger partial charge in [0.2, 0.25) is 0 Å². The van der Waals surface area contributed by atoms with E-state index in [0.717, 1.165) is 31.9 Å². The average Bonchev–Trinajstić information content (AvgIpc) is 2.29. The summed E-state index contributed by atoms with van der Waals surface area (Å²) in [5.74, 6) is 0. The van der Waals surface area contributed by atoms with Gasteiger partial charge in [0.05, 0.1) is 11.4 Å². The minimum absolute atomic E-state index is 0.646. The number of nitrogens with zero attached hydrogens (tertiary/aromatic N) is 2. The van der Waals surface area contributed by atoms with Gasteiger partial charge < -0.3 is 10.6 Å².